The summed E-state index contributed by atoms with van der Waals surface area (Å²) in [7, 11) is 0. The van der Waals surface area contributed by atoms with Gasteiger partial charge in [-0.2, -0.15) is 0 Å². The third-order valence-electron chi connectivity index (χ3n) is 1.37. The predicted molar refractivity (Wildman–Crippen MR) is 43.0 cm³/mol. The van der Waals surface area contributed by atoms with Crippen molar-refractivity contribution in [2.75, 3.05) is 6.54 Å². The number of hydrogen-bond acceptors (Lipinski definition) is 2. The number of carbonyl (C=O) groups is 2. The molecule has 0 aromatic carbocycles. The largest absolute Gasteiger partial charge is 0.480 e. The van der Waals surface area contributed by atoms with Gasteiger partial charge in [-0.25, -0.2) is 4.98 Å². The minimum absolute atomic E-state index is 0.367. The maximum atomic E-state index is 11.2. The van der Waals surface area contributed by atoms with Crippen molar-refractivity contribution in [3.05, 3.63) is 30.1 Å². The fourth-order valence-corrected chi connectivity index (χ4v) is 0.793. The van der Waals surface area contributed by atoms with Crippen LogP contribution in [0.15, 0.2) is 24.5 Å². The van der Waals surface area contributed by atoms with Gasteiger partial charge in [-0.3, -0.25) is 9.59 Å². The molecule has 0 radical (unpaired) electrons. The van der Waals surface area contributed by atoms with Gasteiger partial charge in [-0.15, -0.1) is 0 Å². The quantitative estimate of drug-likeness (QED) is 0.648. The molecule has 5 nitrogen and oxygen atoms in total. The molecular weight excluding hydrogens is 172 g/mol. The molecule has 68 valence electrons. The summed E-state index contributed by atoms with van der Waals surface area (Å²) in [6.45, 7) is -0.367. The van der Waals surface area contributed by atoms with E-state index in [1.54, 1.807) is 18.3 Å². The molecule has 3 N–H and O–H groups in total. The molecule has 1 aromatic rings. The minimum Gasteiger partial charge on any atom is -0.480 e. The number of carboxylic acid groups (broad SMARTS) is 1. The average Bonchev–Trinajstić information content (AvgIpc) is 2.15. The summed E-state index contributed by atoms with van der Waals surface area (Å²) in [5.41, 5.74) is 0.406. The number of carboxylic acids is 1. The maximum absolute atomic E-state index is 11.2. The Balaban J connectivity index is 2.54. The molecule has 0 aliphatic carbocycles. The van der Waals surface area contributed by atoms with Crippen LogP contribution in [-0.2, 0) is 4.79 Å². The fraction of sp³-hybridized carbons (Fsp3) is 0.125. The number of rotatable bonds is 3. The van der Waals surface area contributed by atoms with E-state index in [0.717, 1.165) is 0 Å². The van der Waals surface area contributed by atoms with E-state index in [1.165, 1.54) is 6.20 Å². The van der Waals surface area contributed by atoms with Gasteiger partial charge in [-0.05, 0) is 6.07 Å². The number of nitrogens with one attached hydrogen (secondary N) is 2. The smallest absolute Gasteiger partial charge is 0.322 e. The molecule has 0 atom stereocenters. The van der Waals surface area contributed by atoms with Gasteiger partial charge < -0.3 is 10.4 Å². The van der Waals surface area contributed by atoms with Crippen LogP contribution in [0, 0.1) is 0 Å². The summed E-state index contributed by atoms with van der Waals surface area (Å²) in [6.07, 6.45) is 3.16. The summed E-state index contributed by atoms with van der Waals surface area (Å²) in [4.78, 5) is 24.0. The molecule has 0 bridgehead atoms. The van der Waals surface area contributed by atoms with Crippen LogP contribution in [0.5, 0.6) is 0 Å². The Morgan fingerprint density at radius 3 is 2.85 bits per heavy atom. The molecule has 1 amide bonds. The number of hydrogen-bond donors (Lipinski definition) is 2. The summed E-state index contributed by atoms with van der Waals surface area (Å²) in [6, 6.07) is 3.25. The highest BCUT2D eigenvalue weighted by Crippen LogP contribution is 1.91. The second-order valence-corrected chi connectivity index (χ2v) is 2.37. The van der Waals surface area contributed by atoms with Gasteiger partial charge in [-0.1, -0.05) is 0 Å². The lowest BCUT2D eigenvalue weighted by Crippen LogP contribution is -2.29. The van der Waals surface area contributed by atoms with Crippen molar-refractivity contribution in [3.8, 4) is 0 Å². The van der Waals surface area contributed by atoms with Crippen molar-refractivity contribution in [2.45, 2.75) is 0 Å². The van der Waals surface area contributed by atoms with Crippen LogP contribution in [0.4, 0.5) is 0 Å². The summed E-state index contributed by atoms with van der Waals surface area (Å²) in [5.74, 6) is -1.47. The number of aromatic nitrogens is 1. The molecule has 0 spiro atoms. The van der Waals surface area contributed by atoms with Gasteiger partial charge in [0.1, 0.15) is 12.1 Å². The number of carbonyl (C=O) groups excluding carboxylic acids is 1. The summed E-state index contributed by atoms with van der Waals surface area (Å²) < 4.78 is 0. The third-order valence-corrected chi connectivity index (χ3v) is 1.37. The van der Waals surface area contributed by atoms with Crippen LogP contribution in [0.1, 0.15) is 10.4 Å². The molecule has 0 aliphatic heterocycles. The molecule has 0 saturated heterocycles. The Morgan fingerprint density at radius 2 is 2.31 bits per heavy atom. The number of amides is 1. The molecule has 1 heterocycles. The van der Waals surface area contributed by atoms with Crippen LogP contribution in [-0.4, -0.2) is 23.5 Å². The lowest BCUT2D eigenvalue weighted by molar-refractivity contribution is -0.378. The first-order chi connectivity index (χ1) is 6.20. The second kappa shape index (κ2) is 4.20. The van der Waals surface area contributed by atoms with Gasteiger partial charge in [0.2, 0.25) is 0 Å². The van der Waals surface area contributed by atoms with Crippen LogP contribution in [0.2, 0.25) is 0 Å². The molecule has 0 unspecified atom stereocenters. The molecule has 13 heavy (non-hydrogen) atoms. The highest BCUT2D eigenvalue weighted by molar-refractivity contribution is 5.95. The van der Waals surface area contributed by atoms with Crippen molar-refractivity contribution in [1.82, 2.24) is 5.32 Å². The molecule has 1 aromatic heterocycles. The predicted octanol–water partition coefficient (Wildman–Crippen LogP) is -0.685. The van der Waals surface area contributed by atoms with E-state index >= 15 is 0 Å². The Hall–Kier alpha value is -1.91. The lowest BCUT2D eigenvalue weighted by atomic mass is 10.3. The highest BCUT2D eigenvalue weighted by atomic mass is 16.4. The average molecular weight is 181 g/mol. The van der Waals surface area contributed by atoms with E-state index in [-0.39, 0.29) is 6.54 Å². The number of H-pyrrole nitrogens is 1. The van der Waals surface area contributed by atoms with E-state index < -0.39 is 11.9 Å². The molecule has 1 rings (SSSR count). The van der Waals surface area contributed by atoms with Crippen LogP contribution >= 0.6 is 0 Å². The van der Waals surface area contributed by atoms with Crippen molar-refractivity contribution in [2.24, 2.45) is 0 Å². The van der Waals surface area contributed by atoms with Crippen molar-refractivity contribution >= 4 is 11.9 Å². The highest BCUT2D eigenvalue weighted by Gasteiger charge is 2.07. The van der Waals surface area contributed by atoms with Crippen molar-refractivity contribution in [3.63, 3.8) is 0 Å². The lowest BCUT2D eigenvalue weighted by Gasteiger charge is -1.98. The van der Waals surface area contributed by atoms with Gasteiger partial charge in [0.15, 0.2) is 12.4 Å². The van der Waals surface area contributed by atoms with E-state index in [9.17, 15) is 9.59 Å². The van der Waals surface area contributed by atoms with Crippen molar-refractivity contribution in [1.29, 1.82) is 0 Å². The molecule has 0 aliphatic rings. The zero-order valence-electron chi connectivity index (χ0n) is 6.78. The van der Waals surface area contributed by atoms with Gasteiger partial charge in [0.25, 0.3) is 5.91 Å². The Kier molecular flexibility index (Phi) is 2.97. The second-order valence-electron chi connectivity index (χ2n) is 2.37. The van der Waals surface area contributed by atoms with E-state index in [2.05, 4.69) is 10.3 Å². The molecule has 5 heteroatoms. The fourth-order valence-electron chi connectivity index (χ4n) is 0.793. The van der Waals surface area contributed by atoms with Gasteiger partial charge in [0.05, 0.1) is 0 Å². The SMILES string of the molecule is O=C(O)CNC(=O)c1ccc[nH+]c1. The topological polar surface area (TPSA) is 80.5 Å². The minimum atomic E-state index is -1.06. The van der Waals surface area contributed by atoms with Crippen molar-refractivity contribution < 1.29 is 19.7 Å². The third kappa shape index (κ3) is 2.90. The van der Waals surface area contributed by atoms with Crippen LogP contribution in [0.25, 0.3) is 0 Å². The Labute approximate surface area is 74.4 Å². The first-order valence-corrected chi connectivity index (χ1v) is 3.66. The summed E-state index contributed by atoms with van der Waals surface area (Å²) in [5, 5.41) is 10.5. The molecule has 0 fully saturated rings. The molecular formula is C8H9N2O3+. The normalized spacial score (nSPS) is 9.23. The van der Waals surface area contributed by atoms with E-state index in [1.807, 2.05) is 0 Å². The first kappa shape index (κ1) is 9.18. The number of pyridine rings is 1. The monoisotopic (exact) mass is 181 g/mol. The zero-order chi connectivity index (χ0) is 9.68. The maximum Gasteiger partial charge on any atom is 0.322 e. The van der Waals surface area contributed by atoms with E-state index in [0.29, 0.717) is 5.56 Å². The Morgan fingerprint density at radius 1 is 1.54 bits per heavy atom. The summed E-state index contributed by atoms with van der Waals surface area (Å²) >= 11 is 0. The van der Waals surface area contributed by atoms with Crippen LogP contribution in [0.3, 0.4) is 0 Å². The number of aromatic amines is 1. The standard InChI is InChI=1S/C8H8N2O3/c11-7(12)5-10-8(13)6-2-1-3-9-4-6/h1-4H,5H2,(H,10,13)(H,11,12)/p+1. The number of aliphatic carboxylic acids is 1. The van der Waals surface area contributed by atoms with Gasteiger partial charge >= 0.3 is 5.97 Å². The zero-order valence-corrected chi connectivity index (χ0v) is 6.78. The van der Waals surface area contributed by atoms with Crippen LogP contribution < -0.4 is 10.3 Å². The van der Waals surface area contributed by atoms with E-state index in [4.69, 9.17) is 5.11 Å². The van der Waals surface area contributed by atoms with Gasteiger partial charge in [0, 0.05) is 6.07 Å². The Bertz CT molecular complexity index is 310. The first-order valence-electron chi connectivity index (χ1n) is 3.66. The molecule has 0 saturated carbocycles.